The van der Waals surface area contributed by atoms with Gasteiger partial charge in [0.2, 0.25) is 0 Å². The predicted octanol–water partition coefficient (Wildman–Crippen LogP) is 3.07. The second kappa shape index (κ2) is 5.98. The Kier molecular flexibility index (Phi) is 4.06. The molecular weight excluding hydrogens is 262 g/mol. The molecule has 1 saturated carbocycles. The highest BCUT2D eigenvalue weighted by atomic mass is 16.5. The van der Waals surface area contributed by atoms with E-state index in [1.165, 1.54) is 30.5 Å². The zero-order valence-corrected chi connectivity index (χ0v) is 12.8. The minimum atomic E-state index is 0.517. The van der Waals surface area contributed by atoms with Gasteiger partial charge in [-0.05, 0) is 43.0 Å². The molecule has 21 heavy (non-hydrogen) atoms. The maximum atomic E-state index is 7.54. The van der Waals surface area contributed by atoms with E-state index in [-0.39, 0.29) is 0 Å². The van der Waals surface area contributed by atoms with Crippen molar-refractivity contribution in [1.29, 1.82) is 5.53 Å². The van der Waals surface area contributed by atoms with Crippen LogP contribution in [-0.2, 0) is 6.54 Å². The number of methoxy groups -OCH3 is 1. The van der Waals surface area contributed by atoms with Gasteiger partial charge in [-0.1, -0.05) is 13.3 Å². The fourth-order valence-electron chi connectivity index (χ4n) is 3.99. The summed E-state index contributed by atoms with van der Waals surface area (Å²) in [5.74, 6) is 2.68. The zero-order valence-electron chi connectivity index (χ0n) is 12.8. The van der Waals surface area contributed by atoms with Crippen molar-refractivity contribution in [2.45, 2.75) is 32.7 Å². The first-order valence-electron chi connectivity index (χ1n) is 7.82. The van der Waals surface area contributed by atoms with Crippen LogP contribution < -0.4 is 10.1 Å². The molecule has 112 valence electrons. The number of quaternary nitrogens is 1. The molecule has 4 nitrogen and oxygen atoms in total. The largest absolute Gasteiger partial charge is 0.497 e. The molecule has 0 spiro atoms. The molecule has 2 aliphatic carbocycles. The van der Waals surface area contributed by atoms with Crippen LogP contribution in [-0.4, -0.2) is 7.11 Å². The summed E-state index contributed by atoms with van der Waals surface area (Å²) in [5.41, 5.74) is 11.2. The van der Waals surface area contributed by atoms with Crippen molar-refractivity contribution in [3.63, 3.8) is 0 Å². The Labute approximate surface area is 126 Å². The molecule has 0 saturated heterocycles. The third kappa shape index (κ3) is 2.60. The summed E-state index contributed by atoms with van der Waals surface area (Å²) in [7, 11) is 1.69. The van der Waals surface area contributed by atoms with Crippen LogP contribution in [0.4, 0.5) is 0 Å². The molecule has 2 aliphatic rings. The van der Waals surface area contributed by atoms with Crippen LogP contribution in [0.15, 0.2) is 40.8 Å². The van der Waals surface area contributed by atoms with E-state index in [9.17, 15) is 0 Å². The molecule has 0 aromatic heterocycles. The number of fused-ring (bicyclic) bond motifs is 2. The second-order valence-corrected chi connectivity index (χ2v) is 6.21. The van der Waals surface area contributed by atoms with E-state index in [0.29, 0.717) is 17.8 Å². The molecule has 2 bridgehead atoms. The van der Waals surface area contributed by atoms with Crippen LogP contribution in [0.3, 0.4) is 0 Å². The van der Waals surface area contributed by atoms with E-state index in [1.807, 2.05) is 12.1 Å². The Hall–Kier alpha value is -1.68. The average molecular weight is 286 g/mol. The van der Waals surface area contributed by atoms with Gasteiger partial charge in [-0.25, -0.2) is 5.53 Å². The monoisotopic (exact) mass is 286 g/mol. The van der Waals surface area contributed by atoms with Gasteiger partial charge in [-0.15, -0.1) is 0 Å². The minimum absolute atomic E-state index is 0.517. The molecule has 3 N–H and O–H groups in total. The van der Waals surface area contributed by atoms with E-state index in [2.05, 4.69) is 29.5 Å². The first-order chi connectivity index (χ1) is 10.2. The summed E-state index contributed by atoms with van der Waals surface area (Å²) in [5, 5.41) is 6.19. The van der Waals surface area contributed by atoms with Crippen LogP contribution >= 0.6 is 0 Å². The van der Waals surface area contributed by atoms with Gasteiger partial charge in [0.05, 0.1) is 7.11 Å². The highest BCUT2D eigenvalue weighted by Gasteiger charge is 2.45. The van der Waals surface area contributed by atoms with Crippen molar-refractivity contribution >= 4 is 0 Å². The van der Waals surface area contributed by atoms with Crippen molar-refractivity contribution in [2.24, 2.45) is 22.9 Å². The van der Waals surface area contributed by atoms with E-state index >= 15 is 0 Å². The molecular formula is C17H24N3O+. The first-order valence-corrected chi connectivity index (χ1v) is 7.82. The van der Waals surface area contributed by atoms with Gasteiger partial charge >= 0.3 is 0 Å². The van der Waals surface area contributed by atoms with Crippen molar-refractivity contribution in [2.75, 3.05) is 7.11 Å². The highest BCUT2D eigenvalue weighted by molar-refractivity contribution is 5.27. The molecule has 3 rings (SSSR count). The van der Waals surface area contributed by atoms with E-state index in [4.69, 9.17) is 10.3 Å². The maximum Gasteiger partial charge on any atom is 0.133 e. The van der Waals surface area contributed by atoms with Crippen molar-refractivity contribution < 1.29 is 10.1 Å². The lowest BCUT2D eigenvalue weighted by atomic mass is 9.78. The number of benzene rings is 1. The number of nitrogens with two attached hydrogens (primary N) is 1. The fourth-order valence-corrected chi connectivity index (χ4v) is 3.99. The second-order valence-electron chi connectivity index (χ2n) is 6.21. The van der Waals surface area contributed by atoms with Gasteiger partial charge in [-0.2, -0.15) is 5.11 Å². The Bertz CT molecular complexity index is 550. The van der Waals surface area contributed by atoms with E-state index in [0.717, 1.165) is 18.0 Å². The molecule has 3 atom stereocenters. The summed E-state index contributed by atoms with van der Waals surface area (Å²) >= 11 is 0. The van der Waals surface area contributed by atoms with Gasteiger partial charge in [0.1, 0.15) is 23.7 Å². The Balaban J connectivity index is 1.73. The Morgan fingerprint density at radius 1 is 1.24 bits per heavy atom. The lowest BCUT2D eigenvalue weighted by Gasteiger charge is -2.26. The number of hydrogen-bond donors (Lipinski definition) is 2. The summed E-state index contributed by atoms with van der Waals surface area (Å²) in [6, 6.07) is 8.22. The third-order valence-corrected chi connectivity index (χ3v) is 5.18. The van der Waals surface area contributed by atoms with Crippen LogP contribution in [0.5, 0.6) is 5.75 Å². The highest BCUT2D eigenvalue weighted by Crippen LogP contribution is 2.48. The SMILES string of the molecule is COc1ccc(C[NH2+]C2=C(N=N)C3CCCC2C3C)cc1. The van der Waals surface area contributed by atoms with Crippen LogP contribution in [0.1, 0.15) is 31.7 Å². The van der Waals surface area contributed by atoms with Crippen molar-refractivity contribution in [1.82, 2.24) is 0 Å². The molecule has 1 aromatic rings. The fraction of sp³-hybridized carbons (Fsp3) is 0.529. The molecule has 1 fully saturated rings. The number of ether oxygens (including phenoxy) is 1. The average Bonchev–Trinajstić information content (AvgIpc) is 2.67. The third-order valence-electron chi connectivity index (χ3n) is 5.18. The van der Waals surface area contributed by atoms with Gasteiger partial charge in [0, 0.05) is 17.4 Å². The first kappa shape index (κ1) is 14.3. The van der Waals surface area contributed by atoms with Crippen LogP contribution in [0, 0.1) is 23.3 Å². The zero-order chi connectivity index (χ0) is 14.8. The summed E-state index contributed by atoms with van der Waals surface area (Å²) in [4.78, 5) is 0. The van der Waals surface area contributed by atoms with Crippen molar-refractivity contribution in [3.8, 4) is 5.75 Å². The molecule has 0 radical (unpaired) electrons. The lowest BCUT2D eigenvalue weighted by Crippen LogP contribution is -2.81. The minimum Gasteiger partial charge on any atom is -0.497 e. The standard InChI is InChI=1S/C17H23N3O/c1-11-14-4-3-5-15(11)17(20-18)16(14)19-10-12-6-8-13(21-2)9-7-12/h6-9,11,14-15,18-19H,3-5,10H2,1-2H3/p+1. The molecule has 0 aliphatic heterocycles. The van der Waals surface area contributed by atoms with Crippen LogP contribution in [0.2, 0.25) is 0 Å². The normalized spacial score (nSPS) is 27.8. The van der Waals surface area contributed by atoms with Gasteiger partial charge in [0.25, 0.3) is 0 Å². The van der Waals surface area contributed by atoms with E-state index < -0.39 is 0 Å². The van der Waals surface area contributed by atoms with Crippen molar-refractivity contribution in [3.05, 3.63) is 41.2 Å². The van der Waals surface area contributed by atoms with Gasteiger partial charge < -0.3 is 10.1 Å². The smallest absolute Gasteiger partial charge is 0.133 e. The maximum absolute atomic E-state index is 7.54. The summed E-state index contributed by atoms with van der Waals surface area (Å²) < 4.78 is 5.19. The van der Waals surface area contributed by atoms with Gasteiger partial charge in [0.15, 0.2) is 0 Å². The van der Waals surface area contributed by atoms with E-state index in [1.54, 1.807) is 7.11 Å². The molecule has 0 amide bonds. The molecule has 0 heterocycles. The van der Waals surface area contributed by atoms with Crippen LogP contribution in [0.25, 0.3) is 0 Å². The molecule has 1 aromatic carbocycles. The number of rotatable bonds is 5. The molecule has 4 heteroatoms. The predicted molar refractivity (Wildman–Crippen MR) is 80.8 cm³/mol. The topological polar surface area (TPSA) is 62.1 Å². The van der Waals surface area contributed by atoms with Gasteiger partial charge in [-0.3, -0.25) is 0 Å². The summed E-state index contributed by atoms with van der Waals surface area (Å²) in [6.07, 6.45) is 3.74. The number of hydrogen-bond acceptors (Lipinski definition) is 3. The number of nitrogens with zero attached hydrogens (tertiary/aromatic N) is 1. The number of allylic oxidation sites excluding steroid dienone is 2. The lowest BCUT2D eigenvalue weighted by molar-refractivity contribution is -0.629. The quantitative estimate of drug-likeness (QED) is 0.803. The Morgan fingerprint density at radius 3 is 2.62 bits per heavy atom. The Morgan fingerprint density at radius 2 is 1.95 bits per heavy atom. The number of nitrogens with one attached hydrogen (secondary N) is 1. The summed E-state index contributed by atoms with van der Waals surface area (Å²) in [6.45, 7) is 3.24. The molecule has 3 unspecified atom stereocenters.